The Morgan fingerprint density at radius 2 is 1.94 bits per heavy atom. The summed E-state index contributed by atoms with van der Waals surface area (Å²) in [4.78, 5) is 12.2. The first-order valence-corrected chi connectivity index (χ1v) is 5.86. The van der Waals surface area contributed by atoms with Gasteiger partial charge in [-0.25, -0.2) is 0 Å². The normalized spacial score (nSPS) is 22.5. The highest BCUT2D eigenvalue weighted by molar-refractivity contribution is 5.98. The van der Waals surface area contributed by atoms with Gasteiger partial charge in [-0.05, 0) is 24.6 Å². The number of benzene rings is 1. The number of rotatable bonds is 2. The maximum atomic E-state index is 12.2. The molecule has 1 fully saturated rings. The van der Waals surface area contributed by atoms with E-state index in [1.54, 1.807) is 18.2 Å². The van der Waals surface area contributed by atoms with Crippen molar-refractivity contribution in [1.29, 1.82) is 0 Å². The van der Waals surface area contributed by atoms with Gasteiger partial charge in [0, 0.05) is 18.1 Å². The molecule has 1 atom stereocenters. The van der Waals surface area contributed by atoms with Crippen LogP contribution in [0.25, 0.3) is 0 Å². The van der Waals surface area contributed by atoms with Gasteiger partial charge in [-0.15, -0.1) is 0 Å². The number of carbonyl (C=O) groups is 1. The minimum Gasteiger partial charge on any atom is -0.486 e. The minimum atomic E-state index is -0.00226. The van der Waals surface area contributed by atoms with Crippen LogP contribution in [-0.2, 0) is 4.74 Å². The van der Waals surface area contributed by atoms with Crippen LogP contribution in [0.2, 0.25) is 0 Å². The van der Waals surface area contributed by atoms with Gasteiger partial charge in [0.1, 0.15) is 13.2 Å². The zero-order valence-electron chi connectivity index (χ0n) is 9.48. The van der Waals surface area contributed by atoms with Crippen LogP contribution >= 0.6 is 0 Å². The van der Waals surface area contributed by atoms with E-state index in [1.165, 1.54) is 0 Å². The van der Waals surface area contributed by atoms with Crippen molar-refractivity contribution in [2.75, 3.05) is 26.4 Å². The fourth-order valence-electron chi connectivity index (χ4n) is 2.17. The van der Waals surface area contributed by atoms with E-state index in [4.69, 9.17) is 14.2 Å². The highest BCUT2D eigenvalue weighted by Crippen LogP contribution is 2.32. The molecule has 1 aromatic rings. The first kappa shape index (κ1) is 10.6. The molecule has 3 rings (SSSR count). The number of hydrogen-bond donors (Lipinski definition) is 0. The van der Waals surface area contributed by atoms with Crippen LogP contribution in [-0.4, -0.2) is 32.2 Å². The van der Waals surface area contributed by atoms with Crippen molar-refractivity contribution < 1.29 is 19.0 Å². The molecule has 17 heavy (non-hydrogen) atoms. The first-order valence-electron chi connectivity index (χ1n) is 5.86. The molecule has 0 amide bonds. The Morgan fingerprint density at radius 1 is 1.12 bits per heavy atom. The molecule has 0 aromatic heterocycles. The molecule has 2 heterocycles. The molecule has 4 heteroatoms. The third-order valence-electron chi connectivity index (χ3n) is 3.13. The van der Waals surface area contributed by atoms with Crippen LogP contribution in [0, 0.1) is 5.92 Å². The summed E-state index contributed by atoms with van der Waals surface area (Å²) in [7, 11) is 0. The highest BCUT2D eigenvalue weighted by Gasteiger charge is 2.25. The predicted molar refractivity (Wildman–Crippen MR) is 60.7 cm³/mol. The van der Waals surface area contributed by atoms with E-state index in [-0.39, 0.29) is 11.7 Å². The maximum Gasteiger partial charge on any atom is 0.168 e. The van der Waals surface area contributed by atoms with Gasteiger partial charge in [-0.1, -0.05) is 0 Å². The SMILES string of the molecule is O=C(c1ccc2c(c1)OCCO2)C1CCOC1. The Kier molecular flexibility index (Phi) is 2.73. The van der Waals surface area contributed by atoms with Crippen LogP contribution in [0.4, 0.5) is 0 Å². The number of ether oxygens (including phenoxy) is 3. The maximum absolute atomic E-state index is 12.2. The lowest BCUT2D eigenvalue weighted by Crippen LogP contribution is -2.18. The van der Waals surface area contributed by atoms with Crippen LogP contribution in [0.5, 0.6) is 11.5 Å². The molecule has 0 aliphatic carbocycles. The van der Waals surface area contributed by atoms with Crippen molar-refractivity contribution in [2.45, 2.75) is 6.42 Å². The Balaban J connectivity index is 1.85. The van der Waals surface area contributed by atoms with Gasteiger partial charge in [0.2, 0.25) is 0 Å². The summed E-state index contributed by atoms with van der Waals surface area (Å²) in [5.74, 6) is 1.52. The molecule has 2 aliphatic heterocycles. The van der Waals surface area contributed by atoms with Gasteiger partial charge in [-0.3, -0.25) is 4.79 Å². The van der Waals surface area contributed by atoms with Crippen LogP contribution in [0.3, 0.4) is 0 Å². The van der Waals surface area contributed by atoms with E-state index >= 15 is 0 Å². The summed E-state index contributed by atoms with van der Waals surface area (Å²) in [6.45, 7) is 2.32. The van der Waals surface area contributed by atoms with Crippen molar-refractivity contribution in [3.8, 4) is 11.5 Å². The number of Topliss-reactive ketones (excluding diaryl/α,β-unsaturated/α-hetero) is 1. The molecule has 0 radical (unpaired) electrons. The minimum absolute atomic E-state index is 0.00226. The molecule has 2 aliphatic rings. The number of fused-ring (bicyclic) bond motifs is 1. The lowest BCUT2D eigenvalue weighted by Gasteiger charge is -2.19. The molecule has 0 saturated carbocycles. The van der Waals surface area contributed by atoms with Crippen molar-refractivity contribution in [2.24, 2.45) is 5.92 Å². The number of carbonyl (C=O) groups excluding carboxylic acids is 1. The van der Waals surface area contributed by atoms with E-state index in [2.05, 4.69) is 0 Å². The second-order valence-electron chi connectivity index (χ2n) is 4.28. The summed E-state index contributed by atoms with van der Waals surface area (Å²) in [6.07, 6.45) is 0.813. The first-order chi connectivity index (χ1) is 8.34. The Hall–Kier alpha value is -1.55. The van der Waals surface area contributed by atoms with E-state index in [0.29, 0.717) is 37.7 Å². The van der Waals surface area contributed by atoms with Gasteiger partial charge in [-0.2, -0.15) is 0 Å². The van der Waals surface area contributed by atoms with E-state index in [0.717, 1.165) is 12.2 Å². The molecular formula is C13H14O4. The molecule has 1 aromatic carbocycles. The van der Waals surface area contributed by atoms with Crippen molar-refractivity contribution in [3.63, 3.8) is 0 Å². The zero-order valence-corrected chi connectivity index (χ0v) is 9.48. The Bertz CT molecular complexity index is 435. The summed E-state index contributed by atoms with van der Waals surface area (Å²) < 4.78 is 16.1. The molecule has 1 saturated heterocycles. The Labute approximate surface area is 99.5 Å². The quantitative estimate of drug-likeness (QED) is 0.730. The molecule has 0 spiro atoms. The summed E-state index contributed by atoms with van der Waals surface area (Å²) in [5.41, 5.74) is 0.685. The third kappa shape index (κ3) is 2.00. The van der Waals surface area contributed by atoms with E-state index < -0.39 is 0 Å². The van der Waals surface area contributed by atoms with Gasteiger partial charge < -0.3 is 14.2 Å². The molecule has 90 valence electrons. The van der Waals surface area contributed by atoms with Gasteiger partial charge in [0.25, 0.3) is 0 Å². The lowest BCUT2D eigenvalue weighted by atomic mass is 9.97. The predicted octanol–water partition coefficient (Wildman–Crippen LogP) is 1.68. The van der Waals surface area contributed by atoms with Gasteiger partial charge >= 0.3 is 0 Å². The molecule has 4 nitrogen and oxygen atoms in total. The molecule has 0 N–H and O–H groups in total. The third-order valence-corrected chi connectivity index (χ3v) is 3.13. The topological polar surface area (TPSA) is 44.8 Å². The van der Waals surface area contributed by atoms with Gasteiger partial charge in [0.05, 0.1) is 6.61 Å². The second kappa shape index (κ2) is 4.37. The average Bonchev–Trinajstić information content (AvgIpc) is 2.91. The van der Waals surface area contributed by atoms with Crippen LogP contribution in [0.15, 0.2) is 18.2 Å². The van der Waals surface area contributed by atoms with E-state index in [9.17, 15) is 4.79 Å². The summed E-state index contributed by atoms with van der Waals surface area (Å²) in [5, 5.41) is 0. The van der Waals surface area contributed by atoms with Gasteiger partial charge in [0.15, 0.2) is 17.3 Å². The second-order valence-corrected chi connectivity index (χ2v) is 4.28. The fraction of sp³-hybridized carbons (Fsp3) is 0.462. The van der Waals surface area contributed by atoms with Crippen LogP contribution in [0.1, 0.15) is 16.8 Å². The summed E-state index contributed by atoms with van der Waals surface area (Å²) in [6, 6.07) is 5.38. The lowest BCUT2D eigenvalue weighted by molar-refractivity contribution is 0.0899. The average molecular weight is 234 g/mol. The monoisotopic (exact) mass is 234 g/mol. The number of ketones is 1. The van der Waals surface area contributed by atoms with E-state index in [1.807, 2.05) is 0 Å². The smallest absolute Gasteiger partial charge is 0.168 e. The summed E-state index contributed by atoms with van der Waals surface area (Å²) >= 11 is 0. The number of hydrogen-bond acceptors (Lipinski definition) is 4. The molecular weight excluding hydrogens is 220 g/mol. The molecule has 0 bridgehead atoms. The van der Waals surface area contributed by atoms with Crippen molar-refractivity contribution >= 4 is 5.78 Å². The molecule has 1 unspecified atom stereocenters. The standard InChI is InChI=1S/C13H14O4/c14-13(10-3-4-15-8-10)9-1-2-11-12(7-9)17-6-5-16-11/h1-2,7,10H,3-6,8H2. The zero-order chi connectivity index (χ0) is 11.7. The Morgan fingerprint density at radius 3 is 2.71 bits per heavy atom. The fourth-order valence-corrected chi connectivity index (χ4v) is 2.17. The van der Waals surface area contributed by atoms with Crippen molar-refractivity contribution in [1.82, 2.24) is 0 Å². The highest BCUT2D eigenvalue weighted by atomic mass is 16.6. The largest absolute Gasteiger partial charge is 0.486 e. The van der Waals surface area contributed by atoms with Crippen LogP contribution < -0.4 is 9.47 Å². The van der Waals surface area contributed by atoms with Crippen molar-refractivity contribution in [3.05, 3.63) is 23.8 Å².